The molecule has 2 aliphatic heterocycles. The lowest BCUT2D eigenvalue weighted by Gasteiger charge is -2.15. The maximum atomic E-state index is 13.2. The molecular formula is C27H26N4O5S. The molecule has 0 radical (unpaired) electrons. The van der Waals surface area contributed by atoms with E-state index < -0.39 is 10.0 Å². The van der Waals surface area contributed by atoms with Crippen LogP contribution in [0.3, 0.4) is 0 Å². The predicted molar refractivity (Wildman–Crippen MR) is 140 cm³/mol. The Morgan fingerprint density at radius 2 is 1.81 bits per heavy atom. The third kappa shape index (κ3) is 4.71. The number of nitrogens with zero attached hydrogens (tertiary/aromatic N) is 2. The van der Waals surface area contributed by atoms with Crippen molar-refractivity contribution in [1.82, 2.24) is 14.9 Å². The number of nitrogens with one attached hydrogen (secondary N) is 2. The zero-order chi connectivity index (χ0) is 25.4. The number of hydrogen-bond acceptors (Lipinski definition) is 8. The monoisotopic (exact) mass is 518 g/mol. The van der Waals surface area contributed by atoms with Gasteiger partial charge >= 0.3 is 0 Å². The van der Waals surface area contributed by atoms with Crippen LogP contribution in [0.25, 0.3) is 22.0 Å². The summed E-state index contributed by atoms with van der Waals surface area (Å²) in [6.07, 6.45) is 1.72. The number of fused-ring (bicyclic) bond motifs is 2. The van der Waals surface area contributed by atoms with E-state index in [-0.39, 0.29) is 24.3 Å². The molecule has 4 aromatic rings. The number of aryl methyl sites for hydroxylation is 1. The van der Waals surface area contributed by atoms with Gasteiger partial charge in [-0.2, -0.15) is 0 Å². The number of hydrogen-bond donors (Lipinski definition) is 2. The van der Waals surface area contributed by atoms with Gasteiger partial charge in [-0.15, -0.1) is 10.2 Å². The molecule has 2 N–H and O–H groups in total. The standard InChI is InChI=1S/C27H26N4O5S/c1-17-8-9-18(13-25(17)37(32,33)28-15-20-5-4-12-34-20)26-21-6-2-3-7-22(21)27(31-30-26)29-19-10-11-23-24(14-19)36-16-35-23/h2-3,6-11,13-14,20,28H,4-5,12,15-16H2,1H3,(H,29,31)/t20-/m0/s1. The molecule has 0 aliphatic carbocycles. The zero-order valence-corrected chi connectivity index (χ0v) is 21.0. The van der Waals surface area contributed by atoms with Crippen LogP contribution >= 0.6 is 0 Å². The number of benzene rings is 3. The van der Waals surface area contributed by atoms with Gasteiger partial charge in [0.1, 0.15) is 5.69 Å². The lowest BCUT2D eigenvalue weighted by molar-refractivity contribution is 0.114. The van der Waals surface area contributed by atoms with Crippen LogP contribution in [-0.2, 0) is 14.8 Å². The lowest BCUT2D eigenvalue weighted by atomic mass is 10.0. The molecule has 0 spiro atoms. The van der Waals surface area contributed by atoms with Crippen molar-refractivity contribution in [2.75, 3.05) is 25.3 Å². The summed E-state index contributed by atoms with van der Waals surface area (Å²) in [5, 5.41) is 14.0. The van der Waals surface area contributed by atoms with Gasteiger partial charge in [0.2, 0.25) is 16.8 Å². The fourth-order valence-corrected chi connectivity index (χ4v) is 5.98. The Morgan fingerprint density at radius 3 is 2.65 bits per heavy atom. The van der Waals surface area contributed by atoms with E-state index in [9.17, 15) is 8.42 Å². The average molecular weight is 519 g/mol. The summed E-state index contributed by atoms with van der Waals surface area (Å²) in [5.41, 5.74) is 2.71. The van der Waals surface area contributed by atoms with Crippen LogP contribution in [0.2, 0.25) is 0 Å². The second kappa shape index (κ2) is 9.62. The van der Waals surface area contributed by atoms with Crippen molar-refractivity contribution in [3.63, 3.8) is 0 Å². The molecule has 2 aliphatic rings. The fraction of sp³-hybridized carbons (Fsp3) is 0.259. The molecule has 0 saturated carbocycles. The van der Waals surface area contributed by atoms with Crippen molar-refractivity contribution in [2.45, 2.75) is 30.8 Å². The molecule has 0 bridgehead atoms. The van der Waals surface area contributed by atoms with Crippen molar-refractivity contribution >= 4 is 32.3 Å². The summed E-state index contributed by atoms with van der Waals surface area (Å²) in [7, 11) is -3.73. The van der Waals surface area contributed by atoms with Crippen molar-refractivity contribution in [3.05, 3.63) is 66.2 Å². The molecular weight excluding hydrogens is 492 g/mol. The van der Waals surface area contributed by atoms with Crippen LogP contribution in [0.1, 0.15) is 18.4 Å². The topological polar surface area (TPSA) is 112 Å². The zero-order valence-electron chi connectivity index (χ0n) is 20.2. The minimum Gasteiger partial charge on any atom is -0.454 e. The van der Waals surface area contributed by atoms with Gasteiger partial charge in [0.15, 0.2) is 17.3 Å². The van der Waals surface area contributed by atoms with Gasteiger partial charge in [-0.1, -0.05) is 36.4 Å². The molecule has 0 amide bonds. The molecule has 1 fully saturated rings. The second-order valence-corrected chi connectivity index (χ2v) is 10.8. The molecule has 1 atom stereocenters. The summed E-state index contributed by atoms with van der Waals surface area (Å²) in [5.74, 6) is 1.95. The van der Waals surface area contributed by atoms with Crippen LogP contribution in [-0.4, -0.2) is 44.7 Å². The van der Waals surface area contributed by atoms with E-state index in [0.717, 1.165) is 29.3 Å². The summed E-state index contributed by atoms with van der Waals surface area (Å²) in [6, 6.07) is 18.7. The van der Waals surface area contributed by atoms with Crippen LogP contribution in [0.15, 0.2) is 65.6 Å². The molecule has 0 unspecified atom stereocenters. The highest BCUT2D eigenvalue weighted by molar-refractivity contribution is 7.89. The molecule has 190 valence electrons. The third-order valence-electron chi connectivity index (χ3n) is 6.60. The Bertz CT molecular complexity index is 1590. The van der Waals surface area contributed by atoms with Crippen molar-refractivity contribution in [3.8, 4) is 22.8 Å². The number of rotatable bonds is 7. The largest absolute Gasteiger partial charge is 0.454 e. The molecule has 6 rings (SSSR count). The van der Waals surface area contributed by atoms with Gasteiger partial charge in [-0.25, -0.2) is 13.1 Å². The first-order valence-electron chi connectivity index (χ1n) is 12.1. The summed E-state index contributed by atoms with van der Waals surface area (Å²) in [4.78, 5) is 0.219. The average Bonchev–Trinajstić information content (AvgIpc) is 3.60. The van der Waals surface area contributed by atoms with Crippen molar-refractivity contribution < 1.29 is 22.6 Å². The third-order valence-corrected chi connectivity index (χ3v) is 8.16. The Kier molecular flexibility index (Phi) is 6.15. The minimum absolute atomic E-state index is 0.0853. The van der Waals surface area contributed by atoms with Gasteiger partial charge < -0.3 is 19.5 Å². The highest BCUT2D eigenvalue weighted by Gasteiger charge is 2.23. The van der Waals surface area contributed by atoms with E-state index in [1.165, 1.54) is 0 Å². The first-order chi connectivity index (χ1) is 18.0. The van der Waals surface area contributed by atoms with E-state index in [4.69, 9.17) is 14.2 Å². The van der Waals surface area contributed by atoms with E-state index >= 15 is 0 Å². The molecule has 1 saturated heterocycles. The van der Waals surface area contributed by atoms with Crippen molar-refractivity contribution in [2.24, 2.45) is 0 Å². The Balaban J connectivity index is 1.34. The lowest BCUT2D eigenvalue weighted by Crippen LogP contribution is -2.32. The van der Waals surface area contributed by atoms with Crippen LogP contribution in [0.5, 0.6) is 11.5 Å². The van der Waals surface area contributed by atoms with Crippen LogP contribution in [0, 0.1) is 6.92 Å². The Morgan fingerprint density at radius 1 is 0.973 bits per heavy atom. The summed E-state index contributed by atoms with van der Waals surface area (Å²) >= 11 is 0. The Hall–Kier alpha value is -3.73. The fourth-order valence-electron chi connectivity index (χ4n) is 4.64. The maximum Gasteiger partial charge on any atom is 0.240 e. The number of ether oxygens (including phenoxy) is 3. The highest BCUT2D eigenvalue weighted by atomic mass is 32.2. The van der Waals surface area contributed by atoms with Gasteiger partial charge in [0.05, 0.1) is 11.0 Å². The maximum absolute atomic E-state index is 13.2. The Labute approximate surface area is 214 Å². The number of sulfonamides is 1. The van der Waals surface area contributed by atoms with Crippen LogP contribution < -0.4 is 19.5 Å². The molecule has 10 heteroatoms. The predicted octanol–water partition coefficient (Wildman–Crippen LogP) is 4.53. The second-order valence-electron chi connectivity index (χ2n) is 9.10. The van der Waals surface area contributed by atoms with Gasteiger partial charge in [-0.3, -0.25) is 0 Å². The molecule has 3 heterocycles. The van der Waals surface area contributed by atoms with Crippen molar-refractivity contribution in [1.29, 1.82) is 0 Å². The van der Waals surface area contributed by atoms with Gasteiger partial charge in [0.25, 0.3) is 0 Å². The minimum atomic E-state index is -3.73. The van der Waals surface area contributed by atoms with E-state index in [1.807, 2.05) is 48.5 Å². The van der Waals surface area contributed by atoms with E-state index in [2.05, 4.69) is 20.2 Å². The van der Waals surface area contributed by atoms with Crippen LogP contribution in [0.4, 0.5) is 11.5 Å². The van der Waals surface area contributed by atoms with Gasteiger partial charge in [-0.05, 0) is 43.5 Å². The first-order valence-corrected chi connectivity index (χ1v) is 13.6. The molecule has 37 heavy (non-hydrogen) atoms. The summed E-state index contributed by atoms with van der Waals surface area (Å²) in [6.45, 7) is 2.92. The van der Waals surface area contributed by atoms with E-state index in [1.54, 1.807) is 19.1 Å². The quantitative estimate of drug-likeness (QED) is 0.367. The summed E-state index contributed by atoms with van der Waals surface area (Å²) < 4.78 is 45.5. The number of aromatic nitrogens is 2. The van der Waals surface area contributed by atoms with E-state index in [0.29, 0.717) is 40.7 Å². The highest BCUT2D eigenvalue weighted by Crippen LogP contribution is 2.37. The molecule has 3 aromatic carbocycles. The first kappa shape index (κ1) is 23.7. The SMILES string of the molecule is Cc1ccc(-c2nnc(Nc3ccc4c(c3)OCO4)c3ccccc23)cc1S(=O)(=O)NC[C@@H]1CCCO1. The van der Waals surface area contributed by atoms with Gasteiger partial charge in [0, 0.05) is 41.2 Å². The smallest absolute Gasteiger partial charge is 0.240 e. The number of anilines is 2. The molecule has 9 nitrogen and oxygen atoms in total. The molecule has 1 aromatic heterocycles. The normalized spacial score (nSPS) is 16.8.